The van der Waals surface area contributed by atoms with Gasteiger partial charge in [-0.25, -0.2) is 4.79 Å². The molecule has 5 rings (SSSR count). The van der Waals surface area contributed by atoms with Crippen molar-refractivity contribution in [2.24, 2.45) is 0 Å². The molecule has 9 heteroatoms. The lowest BCUT2D eigenvalue weighted by Crippen LogP contribution is -2.54. The second-order valence-electron chi connectivity index (χ2n) is 8.31. The van der Waals surface area contributed by atoms with Gasteiger partial charge in [-0.05, 0) is 54.7 Å². The summed E-state index contributed by atoms with van der Waals surface area (Å²) in [5.41, 5.74) is 2.87. The van der Waals surface area contributed by atoms with Crippen LogP contribution in [0.4, 0.5) is 14.5 Å². The Morgan fingerprint density at radius 3 is 2.56 bits per heavy atom. The highest BCUT2D eigenvalue weighted by molar-refractivity contribution is 6.51. The third-order valence-corrected chi connectivity index (χ3v) is 6.28. The number of nitrogens with one attached hydrogen (secondary N) is 1. The number of alkyl halides is 2. The fourth-order valence-corrected chi connectivity index (χ4v) is 4.66. The smallest absolute Gasteiger partial charge is 0.387 e. The van der Waals surface area contributed by atoms with Gasteiger partial charge < -0.3 is 20.1 Å². The molecule has 0 aromatic heterocycles. The molecule has 0 amide bonds. The number of hydrogen-bond acceptors (Lipinski definition) is 6. The van der Waals surface area contributed by atoms with Crippen molar-refractivity contribution in [2.45, 2.75) is 51.0 Å². The minimum Gasteiger partial charge on any atom is -0.479 e. The van der Waals surface area contributed by atoms with E-state index >= 15 is 0 Å². The van der Waals surface area contributed by atoms with Gasteiger partial charge in [-0.3, -0.25) is 9.59 Å². The molecule has 1 saturated carbocycles. The number of benzene rings is 2. The first-order valence-corrected chi connectivity index (χ1v) is 10.4. The second kappa shape index (κ2) is 7.37. The van der Waals surface area contributed by atoms with Crippen LogP contribution >= 0.6 is 0 Å². The van der Waals surface area contributed by atoms with Crippen molar-refractivity contribution >= 4 is 23.2 Å². The van der Waals surface area contributed by atoms with Crippen molar-refractivity contribution < 1.29 is 33.0 Å². The van der Waals surface area contributed by atoms with Crippen molar-refractivity contribution in [1.82, 2.24) is 5.32 Å². The van der Waals surface area contributed by atoms with E-state index in [0.717, 1.165) is 11.1 Å². The van der Waals surface area contributed by atoms with Gasteiger partial charge in [0.25, 0.3) is 0 Å². The quantitative estimate of drug-likeness (QED) is 0.542. The van der Waals surface area contributed by atoms with Gasteiger partial charge in [-0.15, -0.1) is 0 Å². The Bertz CT molecular complexity index is 1160. The minimum atomic E-state index is -3.20. The van der Waals surface area contributed by atoms with Gasteiger partial charge >= 0.3 is 12.6 Å². The highest BCUT2D eigenvalue weighted by Gasteiger charge is 2.50. The molecule has 1 aliphatic carbocycles. The van der Waals surface area contributed by atoms with Crippen LogP contribution in [0.5, 0.6) is 5.75 Å². The minimum absolute atomic E-state index is 0.0470. The fraction of sp³-hybridized carbons (Fsp3) is 0.348. The number of carboxylic acid groups (broad SMARTS) is 1. The zero-order valence-electron chi connectivity index (χ0n) is 17.1. The molecule has 1 fully saturated rings. The third kappa shape index (κ3) is 3.15. The second-order valence-corrected chi connectivity index (χ2v) is 8.31. The van der Waals surface area contributed by atoms with Gasteiger partial charge in [-0.2, -0.15) is 8.78 Å². The number of carbonyl (C=O) groups excluding carboxylic acids is 2. The summed E-state index contributed by atoms with van der Waals surface area (Å²) >= 11 is 0. The molecular weight excluding hydrogens is 422 g/mol. The molecule has 2 aromatic carbocycles. The molecule has 2 heterocycles. The number of anilines is 1. The summed E-state index contributed by atoms with van der Waals surface area (Å²) in [6, 6.07) is 6.51. The number of ether oxygens (including phenoxy) is 1. The van der Waals surface area contributed by atoms with Gasteiger partial charge in [0.1, 0.15) is 0 Å². The molecule has 0 saturated heterocycles. The van der Waals surface area contributed by atoms with Crippen LogP contribution in [0.15, 0.2) is 30.3 Å². The third-order valence-electron chi connectivity index (χ3n) is 6.28. The highest BCUT2D eigenvalue weighted by atomic mass is 19.3. The van der Waals surface area contributed by atoms with Gasteiger partial charge in [0, 0.05) is 24.2 Å². The Labute approximate surface area is 182 Å². The Kier molecular flexibility index (Phi) is 4.74. The van der Waals surface area contributed by atoms with E-state index in [4.69, 9.17) is 4.74 Å². The molecule has 2 atom stereocenters. The van der Waals surface area contributed by atoms with Crippen LogP contribution in [0.3, 0.4) is 0 Å². The zero-order valence-corrected chi connectivity index (χ0v) is 17.1. The zero-order chi connectivity index (χ0) is 22.7. The van der Waals surface area contributed by atoms with Crippen molar-refractivity contribution in [3.8, 4) is 16.9 Å². The fourth-order valence-electron chi connectivity index (χ4n) is 4.66. The lowest BCUT2D eigenvalue weighted by Gasteiger charge is -2.36. The van der Waals surface area contributed by atoms with Crippen LogP contribution in [-0.4, -0.2) is 41.3 Å². The maximum Gasteiger partial charge on any atom is 0.387 e. The molecule has 3 aliphatic rings. The summed E-state index contributed by atoms with van der Waals surface area (Å²) in [5, 5.41) is 13.0. The largest absolute Gasteiger partial charge is 0.479 e. The van der Waals surface area contributed by atoms with Crippen LogP contribution in [0.1, 0.15) is 47.3 Å². The molecule has 166 valence electrons. The summed E-state index contributed by atoms with van der Waals surface area (Å²) in [6.45, 7) is -0.547. The first kappa shape index (κ1) is 20.6. The number of aliphatic carboxylic acids is 1. The monoisotopic (exact) mass is 442 g/mol. The number of carboxylic acids is 1. The number of halogens is 2. The van der Waals surface area contributed by atoms with Crippen molar-refractivity contribution in [2.75, 3.05) is 4.90 Å². The molecule has 2 N–H and O–H groups in total. The first-order valence-electron chi connectivity index (χ1n) is 10.4. The van der Waals surface area contributed by atoms with Crippen LogP contribution in [-0.2, 0) is 16.1 Å². The van der Waals surface area contributed by atoms with E-state index in [1.807, 2.05) is 19.1 Å². The van der Waals surface area contributed by atoms with Gasteiger partial charge in [0.15, 0.2) is 11.8 Å². The lowest BCUT2D eigenvalue weighted by atomic mass is 9.89. The van der Waals surface area contributed by atoms with E-state index < -0.39 is 30.2 Å². The van der Waals surface area contributed by atoms with Crippen molar-refractivity contribution in [3.63, 3.8) is 0 Å². The van der Waals surface area contributed by atoms with E-state index in [1.165, 1.54) is 17.0 Å². The van der Waals surface area contributed by atoms with Crippen LogP contribution in [0.2, 0.25) is 0 Å². The summed E-state index contributed by atoms with van der Waals surface area (Å²) in [6.07, 6.45) is 1.18. The molecular formula is C23H20F2N2O5. The summed E-state index contributed by atoms with van der Waals surface area (Å²) in [7, 11) is 0. The lowest BCUT2D eigenvalue weighted by molar-refractivity contribution is -0.141. The molecule has 0 spiro atoms. The molecule has 7 nitrogen and oxygen atoms in total. The number of carbonyl (C=O) groups is 3. The predicted octanol–water partition coefficient (Wildman–Crippen LogP) is 3.31. The Morgan fingerprint density at radius 1 is 1.19 bits per heavy atom. The standard InChI is InChI=1S/C23H20F2N2O5/c1-10-14-5-2-11(8-12(14)9-26-10)15-6-7-16-17(21(15)32-23(24)25)27(13-3-4-13)18(22(30)31)20(29)19(16)28/h2,5-8,10,13,18,23,26H,3-4,9H2,1H3,(H,30,31)/t10-,18?/m1/s1. The average Bonchev–Trinajstić information content (AvgIpc) is 3.52. The van der Waals surface area contributed by atoms with Crippen molar-refractivity contribution in [1.29, 1.82) is 0 Å². The van der Waals surface area contributed by atoms with E-state index in [-0.39, 0.29) is 29.1 Å². The maximum absolute atomic E-state index is 13.5. The van der Waals surface area contributed by atoms with Gasteiger partial charge in [0.05, 0.1) is 11.3 Å². The van der Waals surface area contributed by atoms with E-state index in [9.17, 15) is 28.3 Å². The number of Topliss-reactive ketones (excluding diaryl/α,β-unsaturated/α-hetero) is 2. The van der Waals surface area contributed by atoms with E-state index in [2.05, 4.69) is 5.32 Å². The Morgan fingerprint density at radius 2 is 1.91 bits per heavy atom. The number of rotatable bonds is 5. The molecule has 0 radical (unpaired) electrons. The molecule has 2 aromatic rings. The average molecular weight is 442 g/mol. The topological polar surface area (TPSA) is 95.9 Å². The first-order chi connectivity index (χ1) is 15.3. The van der Waals surface area contributed by atoms with Crippen LogP contribution < -0.4 is 15.0 Å². The van der Waals surface area contributed by atoms with Crippen molar-refractivity contribution in [3.05, 3.63) is 47.0 Å². The van der Waals surface area contributed by atoms with E-state index in [0.29, 0.717) is 30.5 Å². The molecule has 0 bridgehead atoms. The summed E-state index contributed by atoms with van der Waals surface area (Å²) in [5.74, 6) is -3.87. The SMILES string of the molecule is C[C@H]1NCc2cc(-c3ccc4c(c3OC(F)F)N(C3CC3)C(C(=O)O)C(=O)C4=O)ccc21. The van der Waals surface area contributed by atoms with Gasteiger partial charge in [-0.1, -0.05) is 12.1 Å². The molecule has 2 aliphatic heterocycles. The van der Waals surface area contributed by atoms with E-state index in [1.54, 1.807) is 6.07 Å². The van der Waals surface area contributed by atoms with Crippen LogP contribution in [0, 0.1) is 0 Å². The van der Waals surface area contributed by atoms with Crippen LogP contribution in [0.25, 0.3) is 11.1 Å². The summed E-state index contributed by atoms with van der Waals surface area (Å²) in [4.78, 5) is 38.4. The predicted molar refractivity (Wildman–Crippen MR) is 110 cm³/mol. The maximum atomic E-state index is 13.5. The van der Waals surface area contributed by atoms with Gasteiger partial charge in [0.2, 0.25) is 11.6 Å². The summed E-state index contributed by atoms with van der Waals surface area (Å²) < 4.78 is 31.9. The Hall–Kier alpha value is -3.33. The number of fused-ring (bicyclic) bond motifs is 2. The normalized spacial score (nSPS) is 22.2. The Balaban J connectivity index is 1.74. The molecule has 32 heavy (non-hydrogen) atoms. The highest BCUT2D eigenvalue weighted by Crippen LogP contribution is 2.49. The number of hydrogen-bond donors (Lipinski definition) is 2. The number of nitrogens with zero attached hydrogens (tertiary/aromatic N) is 1. The number of ketones is 2. The molecule has 1 unspecified atom stereocenters.